The second-order valence-electron chi connectivity index (χ2n) is 8.31. The summed E-state index contributed by atoms with van der Waals surface area (Å²) >= 11 is 0. The third kappa shape index (κ3) is 4.29. The summed E-state index contributed by atoms with van der Waals surface area (Å²) in [5.74, 6) is -7.13. The molecule has 4 atom stereocenters. The summed E-state index contributed by atoms with van der Waals surface area (Å²) in [5.41, 5.74) is -2.27. The molecule has 1 aliphatic heterocycles. The van der Waals surface area contributed by atoms with Crippen LogP contribution in [0.4, 0.5) is 27.6 Å². The number of aliphatic hydroxyl groups excluding tert-OH is 1. The molecule has 1 amide bonds. The van der Waals surface area contributed by atoms with E-state index in [2.05, 4.69) is 15.5 Å². The van der Waals surface area contributed by atoms with Gasteiger partial charge in [0.25, 0.3) is 5.91 Å². The highest BCUT2D eigenvalue weighted by Crippen LogP contribution is 2.55. The van der Waals surface area contributed by atoms with Gasteiger partial charge in [-0.05, 0) is 25.1 Å². The minimum atomic E-state index is -4.88. The Balaban J connectivity index is 1.76. The van der Waals surface area contributed by atoms with Crippen LogP contribution in [-0.2, 0) is 9.53 Å². The fourth-order valence-corrected chi connectivity index (χ4v) is 4.24. The molecule has 13 heteroatoms. The van der Waals surface area contributed by atoms with Gasteiger partial charge in [0.2, 0.25) is 5.82 Å². The monoisotopic (exact) mass is 500 g/mol. The lowest BCUT2D eigenvalue weighted by Gasteiger charge is -2.32. The molecule has 1 fully saturated rings. The summed E-state index contributed by atoms with van der Waals surface area (Å²) in [6.07, 6.45) is -3.80. The van der Waals surface area contributed by atoms with E-state index >= 15 is 0 Å². The second kappa shape index (κ2) is 9.04. The van der Waals surface area contributed by atoms with Gasteiger partial charge in [-0.1, -0.05) is 13.0 Å². The van der Waals surface area contributed by atoms with E-state index < -0.39 is 66.2 Å². The molecule has 2 N–H and O–H groups in total. The number of fused-ring (bicyclic) bond motifs is 1. The van der Waals surface area contributed by atoms with E-state index in [1.165, 1.54) is 36.0 Å². The fourth-order valence-electron chi connectivity index (χ4n) is 4.24. The Kier molecular flexibility index (Phi) is 6.40. The van der Waals surface area contributed by atoms with Crippen molar-refractivity contribution in [2.45, 2.75) is 37.6 Å². The summed E-state index contributed by atoms with van der Waals surface area (Å²) in [6, 6.07) is 4.81. The predicted molar refractivity (Wildman–Crippen MR) is 112 cm³/mol. The third-order valence-electron chi connectivity index (χ3n) is 6.26. The summed E-state index contributed by atoms with van der Waals surface area (Å²) < 4.78 is 82.7. The number of nitrogens with zero attached hydrogens (tertiary/aromatic N) is 3. The molecule has 0 saturated carbocycles. The zero-order valence-corrected chi connectivity index (χ0v) is 18.5. The molecule has 1 aromatic carbocycles. The minimum absolute atomic E-state index is 0.188. The van der Waals surface area contributed by atoms with E-state index in [0.717, 1.165) is 19.1 Å². The fraction of sp³-hybridized carbons (Fsp3) is 0.409. The lowest BCUT2D eigenvalue weighted by molar-refractivity contribution is -0.272. The minimum Gasteiger partial charge on any atom is -0.488 e. The molecule has 3 heterocycles. The van der Waals surface area contributed by atoms with Crippen LogP contribution in [-0.4, -0.2) is 56.7 Å². The second-order valence-corrected chi connectivity index (χ2v) is 8.31. The predicted octanol–water partition coefficient (Wildman–Crippen LogP) is 3.46. The van der Waals surface area contributed by atoms with Crippen LogP contribution in [0.15, 0.2) is 36.8 Å². The zero-order chi connectivity index (χ0) is 25.5. The van der Waals surface area contributed by atoms with E-state index in [4.69, 9.17) is 14.6 Å². The first-order valence-corrected chi connectivity index (χ1v) is 10.5. The maximum Gasteiger partial charge on any atom is 0.417 e. The van der Waals surface area contributed by atoms with Gasteiger partial charge in [0.15, 0.2) is 22.8 Å². The van der Waals surface area contributed by atoms with E-state index in [0.29, 0.717) is 5.65 Å². The Labute approximate surface area is 195 Å². The number of hydrogen-bond donors (Lipinski definition) is 2. The van der Waals surface area contributed by atoms with Crippen molar-refractivity contribution in [1.29, 1.82) is 0 Å². The maximum atomic E-state index is 14.6. The van der Waals surface area contributed by atoms with E-state index in [1.54, 1.807) is 0 Å². The average Bonchev–Trinajstić information content (AvgIpc) is 3.37. The number of amides is 1. The van der Waals surface area contributed by atoms with Crippen molar-refractivity contribution in [2.24, 2.45) is 5.92 Å². The maximum absolute atomic E-state index is 14.6. The molecule has 188 valence electrons. The zero-order valence-electron chi connectivity index (χ0n) is 18.5. The van der Waals surface area contributed by atoms with Crippen molar-refractivity contribution in [1.82, 2.24) is 14.6 Å². The van der Waals surface area contributed by atoms with E-state index in [1.807, 2.05) is 0 Å². The van der Waals surface area contributed by atoms with E-state index in [9.17, 15) is 26.7 Å². The Morgan fingerprint density at radius 1 is 1.29 bits per heavy atom. The van der Waals surface area contributed by atoms with Crippen molar-refractivity contribution < 1.29 is 41.3 Å². The normalized spacial score (nSPS) is 24.6. The summed E-state index contributed by atoms with van der Waals surface area (Å²) in [7, 11) is 0. The molecule has 0 aliphatic carbocycles. The van der Waals surface area contributed by atoms with Gasteiger partial charge in [-0.2, -0.15) is 17.6 Å². The van der Waals surface area contributed by atoms with Gasteiger partial charge in [-0.3, -0.25) is 9.20 Å². The lowest BCUT2D eigenvalue weighted by Crippen LogP contribution is -2.47. The number of nitrogens with one attached hydrogen (secondary N) is 1. The number of hydrogen-bond acceptors (Lipinski definition) is 6. The SMILES string of the molecule is C[C@H]1[C@@H](c2ccc(F)c(F)c2OCCO)[C@H](C(=O)Nc2ccc3nncn3c2)O[C@@]1(C)C(F)(F)F. The summed E-state index contributed by atoms with van der Waals surface area (Å²) in [4.78, 5) is 13.2. The smallest absolute Gasteiger partial charge is 0.417 e. The molecule has 8 nitrogen and oxygen atoms in total. The third-order valence-corrected chi connectivity index (χ3v) is 6.26. The van der Waals surface area contributed by atoms with E-state index in [-0.39, 0.29) is 11.3 Å². The highest BCUT2D eigenvalue weighted by molar-refractivity contribution is 5.95. The van der Waals surface area contributed by atoms with Crippen molar-refractivity contribution in [3.8, 4) is 5.75 Å². The molecular weight excluding hydrogens is 479 g/mol. The van der Waals surface area contributed by atoms with Crippen LogP contribution in [0.3, 0.4) is 0 Å². The molecule has 4 rings (SSSR count). The molecule has 0 spiro atoms. The number of alkyl halides is 3. The van der Waals surface area contributed by atoms with Gasteiger partial charge in [0.1, 0.15) is 19.0 Å². The van der Waals surface area contributed by atoms with Crippen LogP contribution in [0.25, 0.3) is 5.65 Å². The van der Waals surface area contributed by atoms with Crippen LogP contribution in [0.1, 0.15) is 25.3 Å². The van der Waals surface area contributed by atoms with Crippen LogP contribution in [0.5, 0.6) is 5.75 Å². The molecule has 1 saturated heterocycles. The number of anilines is 1. The number of carbonyl (C=O) groups excluding carboxylic acids is 1. The van der Waals surface area contributed by atoms with Crippen molar-refractivity contribution >= 4 is 17.2 Å². The summed E-state index contributed by atoms with van der Waals surface area (Å²) in [6.45, 7) is 1.02. The molecule has 0 unspecified atom stereocenters. The molecular formula is C22H21F5N4O4. The van der Waals surface area contributed by atoms with Crippen LogP contribution in [0.2, 0.25) is 0 Å². The van der Waals surface area contributed by atoms with Gasteiger partial charge < -0.3 is 19.9 Å². The van der Waals surface area contributed by atoms with Crippen LogP contribution in [0, 0.1) is 17.6 Å². The van der Waals surface area contributed by atoms with Gasteiger partial charge in [-0.25, -0.2) is 4.39 Å². The number of aromatic nitrogens is 3. The van der Waals surface area contributed by atoms with Gasteiger partial charge in [0.05, 0.1) is 12.3 Å². The first-order chi connectivity index (χ1) is 16.5. The highest BCUT2D eigenvalue weighted by atomic mass is 19.4. The van der Waals surface area contributed by atoms with Crippen molar-refractivity contribution in [3.05, 3.63) is 54.0 Å². The Hall–Kier alpha value is -3.32. The molecule has 2 aromatic heterocycles. The number of benzene rings is 1. The summed E-state index contributed by atoms with van der Waals surface area (Å²) in [5, 5.41) is 19.1. The van der Waals surface area contributed by atoms with Gasteiger partial charge >= 0.3 is 6.18 Å². The quantitative estimate of drug-likeness (QED) is 0.504. The Morgan fingerprint density at radius 3 is 2.71 bits per heavy atom. The standard InChI is InChI=1S/C22H21F5N4O4/c1-11-16(13-4-5-14(23)17(24)18(13)34-8-7-32)19(35-21(11,2)22(25,26)27)20(33)29-12-3-6-15-30-28-10-31(15)9-12/h3-6,9-11,16,19,32H,7-8H2,1-2H3,(H,29,33)/t11-,16-,19+,21+/m0/s1. The number of aliphatic hydroxyl groups is 1. The average molecular weight is 500 g/mol. The number of halogens is 5. The molecule has 3 aromatic rings. The molecule has 1 aliphatic rings. The number of rotatable bonds is 6. The largest absolute Gasteiger partial charge is 0.488 e. The van der Waals surface area contributed by atoms with Crippen LogP contribution >= 0.6 is 0 Å². The first-order valence-electron chi connectivity index (χ1n) is 10.5. The molecule has 35 heavy (non-hydrogen) atoms. The Bertz CT molecular complexity index is 1250. The lowest BCUT2D eigenvalue weighted by atomic mass is 9.77. The van der Waals surface area contributed by atoms with Crippen LogP contribution < -0.4 is 10.1 Å². The van der Waals surface area contributed by atoms with Crippen molar-refractivity contribution in [2.75, 3.05) is 18.5 Å². The van der Waals surface area contributed by atoms with Gasteiger partial charge in [-0.15, -0.1) is 10.2 Å². The topological polar surface area (TPSA) is 98.0 Å². The molecule has 0 radical (unpaired) electrons. The Morgan fingerprint density at radius 2 is 2.03 bits per heavy atom. The first kappa shape index (κ1) is 24.8. The highest BCUT2D eigenvalue weighted by Gasteiger charge is 2.65. The number of pyridine rings is 1. The number of ether oxygens (including phenoxy) is 2. The van der Waals surface area contributed by atoms with Gasteiger partial charge in [0, 0.05) is 23.6 Å². The molecule has 0 bridgehead atoms. The number of carbonyl (C=O) groups is 1. The van der Waals surface area contributed by atoms with Crippen molar-refractivity contribution in [3.63, 3.8) is 0 Å².